The third kappa shape index (κ3) is 3.48. The van der Waals surface area contributed by atoms with E-state index in [2.05, 4.69) is 31.9 Å². The van der Waals surface area contributed by atoms with Crippen LogP contribution in [0.5, 0.6) is 17.2 Å². The van der Waals surface area contributed by atoms with Crippen molar-refractivity contribution in [2.75, 3.05) is 12.8 Å². The summed E-state index contributed by atoms with van der Waals surface area (Å²) in [6, 6.07) is 8.11. The number of amides is 1. The van der Waals surface area contributed by atoms with E-state index >= 15 is 0 Å². The highest BCUT2D eigenvalue weighted by Gasteiger charge is 2.12. The fraction of sp³-hybridized carbons (Fsp3) is 0.0714. The molecule has 110 valence electrons. The Labute approximate surface area is 138 Å². The van der Waals surface area contributed by atoms with Crippen LogP contribution in [0.25, 0.3) is 0 Å². The largest absolute Gasteiger partial charge is 0.496 e. The Kier molecular flexibility index (Phi) is 4.74. The Hall–Kier alpha value is -1.73. The van der Waals surface area contributed by atoms with E-state index in [0.717, 1.165) is 4.47 Å². The fourth-order valence-corrected chi connectivity index (χ4v) is 2.53. The second kappa shape index (κ2) is 6.36. The summed E-state index contributed by atoms with van der Waals surface area (Å²) in [5.41, 5.74) is 11.8. The summed E-state index contributed by atoms with van der Waals surface area (Å²) in [5, 5.41) is 0. The zero-order valence-electron chi connectivity index (χ0n) is 11.0. The molecule has 0 saturated carbocycles. The molecule has 0 aliphatic carbocycles. The lowest BCUT2D eigenvalue weighted by molar-refractivity contribution is 0.1000. The molecule has 0 saturated heterocycles. The first-order chi connectivity index (χ1) is 9.92. The Balaban J connectivity index is 2.40. The van der Waals surface area contributed by atoms with E-state index in [0.29, 0.717) is 33.0 Å². The summed E-state index contributed by atoms with van der Waals surface area (Å²) < 4.78 is 12.3. The molecule has 5 nitrogen and oxygen atoms in total. The molecule has 0 heterocycles. The van der Waals surface area contributed by atoms with Gasteiger partial charge in [0.05, 0.1) is 21.7 Å². The van der Waals surface area contributed by atoms with Gasteiger partial charge in [0, 0.05) is 5.56 Å². The maximum atomic E-state index is 11.2. The molecule has 0 bridgehead atoms. The summed E-state index contributed by atoms with van der Waals surface area (Å²) in [6.45, 7) is 0. The highest BCUT2D eigenvalue weighted by molar-refractivity contribution is 9.11. The number of anilines is 1. The quantitative estimate of drug-likeness (QED) is 0.745. The number of hydrogen-bond donors (Lipinski definition) is 2. The predicted octanol–water partition coefficient (Wildman–Crippen LogP) is 3.69. The number of halogens is 2. The van der Waals surface area contributed by atoms with Gasteiger partial charge in [0.2, 0.25) is 5.91 Å². The Morgan fingerprint density at radius 2 is 1.67 bits per heavy atom. The summed E-state index contributed by atoms with van der Waals surface area (Å²) in [6.07, 6.45) is 0. The van der Waals surface area contributed by atoms with E-state index in [4.69, 9.17) is 20.9 Å². The van der Waals surface area contributed by atoms with Gasteiger partial charge in [-0.25, -0.2) is 0 Å². The molecule has 2 aromatic rings. The topological polar surface area (TPSA) is 87.6 Å². The van der Waals surface area contributed by atoms with Gasteiger partial charge in [0.15, 0.2) is 5.75 Å². The number of methoxy groups -OCH3 is 1. The standard InChI is InChI=1S/C14H12Br2N2O3/c1-20-11-5-9(16)12(6-8(11)15)21-13-4-7(14(18)19)2-3-10(13)17/h2-6H,17H2,1H3,(H2,18,19). The van der Waals surface area contributed by atoms with Crippen LogP contribution in [0.1, 0.15) is 10.4 Å². The van der Waals surface area contributed by atoms with Gasteiger partial charge in [-0.1, -0.05) is 0 Å². The minimum Gasteiger partial charge on any atom is -0.496 e. The van der Waals surface area contributed by atoms with Crippen LogP contribution in [-0.2, 0) is 0 Å². The zero-order chi connectivity index (χ0) is 15.6. The van der Waals surface area contributed by atoms with Crippen molar-refractivity contribution in [3.63, 3.8) is 0 Å². The minimum atomic E-state index is -0.546. The molecule has 1 amide bonds. The molecular formula is C14H12Br2N2O3. The van der Waals surface area contributed by atoms with E-state index in [1.165, 1.54) is 6.07 Å². The summed E-state index contributed by atoms with van der Waals surface area (Å²) in [4.78, 5) is 11.2. The number of ether oxygens (including phenoxy) is 2. The summed E-state index contributed by atoms with van der Waals surface area (Å²) >= 11 is 6.77. The number of benzene rings is 2. The van der Waals surface area contributed by atoms with E-state index in [9.17, 15) is 4.79 Å². The van der Waals surface area contributed by atoms with Gasteiger partial charge >= 0.3 is 0 Å². The molecular weight excluding hydrogens is 404 g/mol. The third-order valence-corrected chi connectivity index (χ3v) is 3.96. The summed E-state index contributed by atoms with van der Waals surface area (Å²) in [5.74, 6) is 0.989. The van der Waals surface area contributed by atoms with Crippen molar-refractivity contribution in [3.05, 3.63) is 44.8 Å². The molecule has 0 aliphatic heterocycles. The fourth-order valence-electron chi connectivity index (χ4n) is 1.64. The van der Waals surface area contributed by atoms with Crippen molar-refractivity contribution >= 4 is 43.5 Å². The lowest BCUT2D eigenvalue weighted by Crippen LogP contribution is -2.11. The zero-order valence-corrected chi connectivity index (χ0v) is 14.2. The van der Waals surface area contributed by atoms with Crippen molar-refractivity contribution in [2.24, 2.45) is 5.73 Å². The highest BCUT2D eigenvalue weighted by Crippen LogP contribution is 2.39. The molecule has 0 aromatic heterocycles. The molecule has 0 atom stereocenters. The molecule has 21 heavy (non-hydrogen) atoms. The lowest BCUT2D eigenvalue weighted by atomic mass is 10.2. The van der Waals surface area contributed by atoms with E-state index in [1.54, 1.807) is 31.4 Å². The van der Waals surface area contributed by atoms with E-state index in [-0.39, 0.29) is 0 Å². The molecule has 7 heteroatoms. The van der Waals surface area contributed by atoms with Gasteiger partial charge in [0.25, 0.3) is 0 Å². The summed E-state index contributed by atoms with van der Waals surface area (Å²) in [7, 11) is 1.57. The smallest absolute Gasteiger partial charge is 0.248 e. The minimum absolute atomic E-state index is 0.322. The monoisotopic (exact) mass is 414 g/mol. The van der Waals surface area contributed by atoms with Crippen molar-refractivity contribution in [1.82, 2.24) is 0 Å². The average molecular weight is 416 g/mol. The number of primary amides is 1. The van der Waals surface area contributed by atoms with Crippen LogP contribution in [-0.4, -0.2) is 13.0 Å². The van der Waals surface area contributed by atoms with Crippen molar-refractivity contribution < 1.29 is 14.3 Å². The van der Waals surface area contributed by atoms with Crippen molar-refractivity contribution in [1.29, 1.82) is 0 Å². The molecule has 0 unspecified atom stereocenters. The first kappa shape index (κ1) is 15.7. The first-order valence-corrected chi connectivity index (χ1v) is 7.41. The van der Waals surface area contributed by atoms with Gasteiger partial charge in [0.1, 0.15) is 11.5 Å². The normalized spacial score (nSPS) is 10.2. The molecule has 2 aromatic carbocycles. The lowest BCUT2D eigenvalue weighted by Gasteiger charge is -2.13. The van der Waals surface area contributed by atoms with Crippen LogP contribution in [0.3, 0.4) is 0 Å². The molecule has 0 fully saturated rings. The Bertz CT molecular complexity index is 705. The number of nitrogen functional groups attached to an aromatic ring is 1. The van der Waals surface area contributed by atoms with Crippen LogP contribution in [0.15, 0.2) is 39.3 Å². The van der Waals surface area contributed by atoms with Gasteiger partial charge in [-0.3, -0.25) is 4.79 Å². The van der Waals surface area contributed by atoms with Crippen LogP contribution >= 0.6 is 31.9 Å². The average Bonchev–Trinajstić information content (AvgIpc) is 2.44. The number of hydrogen-bond acceptors (Lipinski definition) is 4. The first-order valence-electron chi connectivity index (χ1n) is 5.82. The SMILES string of the molecule is COc1cc(Br)c(Oc2cc(C(N)=O)ccc2N)cc1Br. The number of carbonyl (C=O) groups is 1. The molecule has 0 radical (unpaired) electrons. The Morgan fingerprint density at radius 3 is 2.29 bits per heavy atom. The number of nitrogens with two attached hydrogens (primary N) is 2. The van der Waals surface area contributed by atoms with E-state index < -0.39 is 5.91 Å². The van der Waals surface area contributed by atoms with Crippen LogP contribution in [0, 0.1) is 0 Å². The predicted molar refractivity (Wildman–Crippen MR) is 87.8 cm³/mol. The molecule has 2 rings (SSSR count). The van der Waals surface area contributed by atoms with Gasteiger partial charge in [-0.2, -0.15) is 0 Å². The van der Waals surface area contributed by atoms with E-state index in [1.807, 2.05) is 0 Å². The third-order valence-electron chi connectivity index (χ3n) is 2.72. The van der Waals surface area contributed by atoms with Gasteiger partial charge in [-0.15, -0.1) is 0 Å². The van der Waals surface area contributed by atoms with Gasteiger partial charge in [-0.05, 0) is 62.2 Å². The maximum absolute atomic E-state index is 11.2. The highest BCUT2D eigenvalue weighted by atomic mass is 79.9. The number of carbonyl (C=O) groups excluding carboxylic acids is 1. The van der Waals surface area contributed by atoms with Crippen LogP contribution < -0.4 is 20.9 Å². The maximum Gasteiger partial charge on any atom is 0.248 e. The molecule has 4 N–H and O–H groups in total. The van der Waals surface area contributed by atoms with Crippen LogP contribution in [0.2, 0.25) is 0 Å². The van der Waals surface area contributed by atoms with Crippen molar-refractivity contribution in [2.45, 2.75) is 0 Å². The van der Waals surface area contributed by atoms with Crippen molar-refractivity contribution in [3.8, 4) is 17.2 Å². The number of rotatable bonds is 4. The molecule has 0 spiro atoms. The molecule has 0 aliphatic rings. The second-order valence-electron chi connectivity index (χ2n) is 4.14. The van der Waals surface area contributed by atoms with Gasteiger partial charge < -0.3 is 20.9 Å². The Morgan fingerprint density at radius 1 is 1.05 bits per heavy atom. The van der Waals surface area contributed by atoms with Crippen LogP contribution in [0.4, 0.5) is 5.69 Å². The second-order valence-corrected chi connectivity index (χ2v) is 5.84.